The lowest BCUT2D eigenvalue weighted by atomic mass is 9.97. The number of ether oxygens (including phenoxy) is 1. The molecule has 0 saturated carbocycles. The van der Waals surface area contributed by atoms with E-state index in [9.17, 15) is 19.2 Å². The molecule has 9 heteroatoms. The van der Waals surface area contributed by atoms with Gasteiger partial charge in [-0.25, -0.2) is 14.7 Å². The van der Waals surface area contributed by atoms with Gasteiger partial charge in [0.15, 0.2) is 11.8 Å². The molecule has 0 aliphatic carbocycles. The van der Waals surface area contributed by atoms with E-state index in [-0.39, 0.29) is 11.3 Å². The van der Waals surface area contributed by atoms with Crippen LogP contribution in [0.5, 0.6) is 0 Å². The van der Waals surface area contributed by atoms with Crippen LogP contribution in [-0.2, 0) is 19.1 Å². The summed E-state index contributed by atoms with van der Waals surface area (Å²) in [6, 6.07) is 12.0. The van der Waals surface area contributed by atoms with Crippen LogP contribution in [0.1, 0.15) is 15.9 Å². The van der Waals surface area contributed by atoms with Gasteiger partial charge in [0.1, 0.15) is 5.92 Å². The molecular weight excluding hydrogens is 454 g/mol. The Morgan fingerprint density at radius 1 is 1.00 bits per heavy atom. The quantitative estimate of drug-likeness (QED) is 0.507. The molecule has 2 aliphatic rings. The fourth-order valence-corrected chi connectivity index (χ4v) is 3.79. The van der Waals surface area contributed by atoms with Gasteiger partial charge in [-0.15, -0.1) is 0 Å². The fourth-order valence-electron chi connectivity index (χ4n) is 3.53. The molecular formula is C21H16BrN3O5. The first-order valence-electron chi connectivity index (χ1n) is 9.04. The van der Waals surface area contributed by atoms with Gasteiger partial charge >= 0.3 is 5.97 Å². The Hall–Kier alpha value is -3.33. The van der Waals surface area contributed by atoms with Gasteiger partial charge in [0, 0.05) is 10.0 Å². The maximum absolute atomic E-state index is 13.2. The number of carbonyl (C=O) groups excluding carboxylic acids is 4. The van der Waals surface area contributed by atoms with Crippen molar-refractivity contribution in [2.75, 3.05) is 12.0 Å². The normalized spacial score (nSPS) is 20.3. The number of imide groups is 1. The summed E-state index contributed by atoms with van der Waals surface area (Å²) in [4.78, 5) is 52.7. The van der Waals surface area contributed by atoms with Crippen LogP contribution in [0.15, 0.2) is 58.1 Å². The van der Waals surface area contributed by atoms with E-state index in [1.54, 1.807) is 48.5 Å². The lowest BCUT2D eigenvalue weighted by molar-refractivity contribution is -0.133. The number of anilines is 1. The summed E-state index contributed by atoms with van der Waals surface area (Å²) in [6.07, 6.45) is 0. The number of hydrogen-bond donors (Lipinski definition) is 0. The van der Waals surface area contributed by atoms with Crippen LogP contribution < -0.4 is 4.90 Å². The number of benzene rings is 2. The highest BCUT2D eigenvalue weighted by molar-refractivity contribution is 9.10. The molecule has 0 unspecified atom stereocenters. The summed E-state index contributed by atoms with van der Waals surface area (Å²) in [6.45, 7) is 1.88. The molecule has 2 aromatic rings. The molecule has 1 saturated heterocycles. The van der Waals surface area contributed by atoms with Gasteiger partial charge in [-0.05, 0) is 43.3 Å². The summed E-state index contributed by atoms with van der Waals surface area (Å²) in [5.41, 5.74) is 1.33. The minimum atomic E-state index is -1.25. The maximum atomic E-state index is 13.2. The first-order valence-corrected chi connectivity index (χ1v) is 9.83. The number of rotatable bonds is 3. The minimum absolute atomic E-state index is 0.263. The van der Waals surface area contributed by atoms with Crippen LogP contribution in [0.4, 0.5) is 5.69 Å². The highest BCUT2D eigenvalue weighted by Crippen LogP contribution is 2.36. The molecule has 4 rings (SSSR count). The van der Waals surface area contributed by atoms with E-state index in [4.69, 9.17) is 4.74 Å². The zero-order valence-electron chi connectivity index (χ0n) is 16.0. The first-order chi connectivity index (χ1) is 14.3. The third-order valence-electron chi connectivity index (χ3n) is 5.04. The number of hydrogen-bond acceptors (Lipinski definition) is 6. The Bertz CT molecular complexity index is 1090. The van der Waals surface area contributed by atoms with Gasteiger partial charge in [0.25, 0.3) is 11.8 Å². The summed E-state index contributed by atoms with van der Waals surface area (Å²) >= 11 is 3.30. The molecule has 0 radical (unpaired) electrons. The smallest absolute Gasteiger partial charge is 0.355 e. The second-order valence-corrected chi connectivity index (χ2v) is 7.82. The van der Waals surface area contributed by atoms with Crippen LogP contribution in [0.25, 0.3) is 0 Å². The fraction of sp³-hybridized carbons (Fsp3) is 0.190. The third-order valence-corrected chi connectivity index (χ3v) is 5.56. The van der Waals surface area contributed by atoms with E-state index < -0.39 is 35.7 Å². The molecule has 2 aromatic carbocycles. The molecule has 0 aromatic heterocycles. The lowest BCUT2D eigenvalue weighted by Crippen LogP contribution is -2.42. The maximum Gasteiger partial charge on any atom is 0.355 e. The van der Waals surface area contributed by atoms with Crippen molar-refractivity contribution in [3.8, 4) is 0 Å². The topological polar surface area (TPSA) is 96.3 Å². The average molecular weight is 470 g/mol. The zero-order chi connectivity index (χ0) is 21.6. The number of halogens is 1. The Labute approximate surface area is 180 Å². The number of esters is 1. The molecule has 8 nitrogen and oxygen atoms in total. The number of carbonyl (C=O) groups is 4. The number of hydrazone groups is 1. The Morgan fingerprint density at radius 3 is 2.23 bits per heavy atom. The van der Waals surface area contributed by atoms with Crippen molar-refractivity contribution in [3.63, 3.8) is 0 Å². The molecule has 0 N–H and O–H groups in total. The van der Waals surface area contributed by atoms with E-state index in [0.717, 1.165) is 27.1 Å². The monoisotopic (exact) mass is 469 g/mol. The number of fused-ring (bicyclic) bond motifs is 1. The molecule has 0 spiro atoms. The van der Waals surface area contributed by atoms with Crippen molar-refractivity contribution in [1.29, 1.82) is 0 Å². The molecule has 2 aliphatic heterocycles. The van der Waals surface area contributed by atoms with Gasteiger partial charge in [-0.2, -0.15) is 5.10 Å². The number of methoxy groups -OCH3 is 1. The van der Waals surface area contributed by atoms with Crippen molar-refractivity contribution in [3.05, 3.63) is 64.1 Å². The van der Waals surface area contributed by atoms with Crippen molar-refractivity contribution in [2.24, 2.45) is 11.0 Å². The highest BCUT2D eigenvalue weighted by Gasteiger charge is 2.60. The molecule has 0 bridgehead atoms. The summed E-state index contributed by atoms with van der Waals surface area (Å²) in [5.74, 6) is -3.91. The van der Waals surface area contributed by atoms with Crippen molar-refractivity contribution >= 4 is 51.0 Å². The van der Waals surface area contributed by atoms with Crippen LogP contribution in [0, 0.1) is 12.8 Å². The van der Waals surface area contributed by atoms with Gasteiger partial charge in [0.05, 0.1) is 12.8 Å². The summed E-state index contributed by atoms with van der Waals surface area (Å²) in [7, 11) is 1.15. The third kappa shape index (κ3) is 3.11. The van der Waals surface area contributed by atoms with Crippen LogP contribution >= 0.6 is 15.9 Å². The van der Waals surface area contributed by atoms with Crippen LogP contribution in [0.3, 0.4) is 0 Å². The molecule has 152 valence electrons. The van der Waals surface area contributed by atoms with Crippen molar-refractivity contribution < 1.29 is 23.9 Å². The summed E-state index contributed by atoms with van der Waals surface area (Å²) in [5, 5.41) is 4.94. The Kier molecular flexibility index (Phi) is 4.98. The predicted molar refractivity (Wildman–Crippen MR) is 111 cm³/mol. The van der Waals surface area contributed by atoms with Gasteiger partial charge in [-0.1, -0.05) is 33.6 Å². The van der Waals surface area contributed by atoms with Crippen molar-refractivity contribution in [2.45, 2.75) is 13.0 Å². The van der Waals surface area contributed by atoms with E-state index in [0.29, 0.717) is 5.69 Å². The zero-order valence-corrected chi connectivity index (χ0v) is 17.6. The van der Waals surface area contributed by atoms with Crippen LogP contribution in [0.2, 0.25) is 0 Å². The van der Waals surface area contributed by atoms with E-state index in [1.165, 1.54) is 0 Å². The highest BCUT2D eigenvalue weighted by atomic mass is 79.9. The van der Waals surface area contributed by atoms with E-state index in [2.05, 4.69) is 21.0 Å². The Morgan fingerprint density at radius 2 is 1.63 bits per heavy atom. The van der Waals surface area contributed by atoms with Gasteiger partial charge in [0.2, 0.25) is 5.91 Å². The SMILES string of the molecule is COC(=O)C1=NN(C(=O)c2ccc(Br)cc2)[C@H]2C(=O)N(c3ccc(C)cc3)C(=O)[C@@H]12. The van der Waals surface area contributed by atoms with Gasteiger partial charge in [-0.3, -0.25) is 14.4 Å². The number of aryl methyl sites for hydroxylation is 1. The standard InChI is InChI=1S/C21H16BrN3O5/c1-11-3-9-14(10-4-11)24-19(27)15-16(21(29)30-2)23-25(17(15)20(24)28)18(26)12-5-7-13(22)8-6-12/h3-10,15,17H,1-2H3/t15-,17+/m0/s1. The Balaban J connectivity index is 1.76. The van der Waals surface area contributed by atoms with E-state index in [1.807, 2.05) is 6.92 Å². The lowest BCUT2D eigenvalue weighted by Gasteiger charge is -2.20. The molecule has 3 amide bonds. The average Bonchev–Trinajstić information content (AvgIpc) is 3.25. The summed E-state index contributed by atoms with van der Waals surface area (Å²) < 4.78 is 5.51. The molecule has 1 fully saturated rings. The molecule has 2 atom stereocenters. The number of amides is 3. The molecule has 30 heavy (non-hydrogen) atoms. The second-order valence-electron chi connectivity index (χ2n) is 6.90. The molecule has 2 heterocycles. The van der Waals surface area contributed by atoms with Gasteiger partial charge < -0.3 is 4.74 Å². The second kappa shape index (κ2) is 7.49. The largest absolute Gasteiger partial charge is 0.464 e. The van der Waals surface area contributed by atoms with Crippen molar-refractivity contribution in [1.82, 2.24) is 5.01 Å². The first kappa shape index (κ1) is 20.0. The predicted octanol–water partition coefficient (Wildman–Crippen LogP) is 2.30. The van der Waals surface area contributed by atoms with E-state index >= 15 is 0 Å². The number of nitrogens with zero attached hydrogens (tertiary/aromatic N) is 3. The minimum Gasteiger partial charge on any atom is -0.464 e. The van der Waals surface area contributed by atoms with Crippen LogP contribution in [-0.4, -0.2) is 47.6 Å².